The van der Waals surface area contributed by atoms with Crippen LogP contribution < -0.4 is 10.6 Å². The molecule has 1 saturated heterocycles. The molecule has 0 radical (unpaired) electrons. The summed E-state index contributed by atoms with van der Waals surface area (Å²) >= 11 is 0. The number of benzene rings is 2. The molecule has 2 aromatic carbocycles. The van der Waals surface area contributed by atoms with Crippen molar-refractivity contribution in [2.45, 2.75) is 6.92 Å². The Labute approximate surface area is 157 Å². The van der Waals surface area contributed by atoms with Gasteiger partial charge in [-0.15, -0.1) is 0 Å². The van der Waals surface area contributed by atoms with E-state index in [2.05, 4.69) is 10.6 Å². The number of nitrogens with one attached hydrogen (secondary N) is 2. The van der Waals surface area contributed by atoms with Gasteiger partial charge in [-0.2, -0.15) is 0 Å². The summed E-state index contributed by atoms with van der Waals surface area (Å²) in [5.41, 5.74) is 1.69. The van der Waals surface area contributed by atoms with E-state index in [9.17, 15) is 19.5 Å². The molecule has 2 aromatic rings. The number of hydrogen-bond acceptors (Lipinski definition) is 3. The summed E-state index contributed by atoms with van der Waals surface area (Å²) in [6.07, 6.45) is 0. The van der Waals surface area contributed by atoms with Crippen LogP contribution in [0.5, 0.6) is 0 Å². The minimum absolute atomic E-state index is 0.0749. The van der Waals surface area contributed by atoms with Crippen LogP contribution in [0.4, 0.5) is 16.2 Å². The average Bonchev–Trinajstić information content (AvgIpc) is 3.04. The minimum atomic E-state index is -0.873. The highest BCUT2D eigenvalue weighted by atomic mass is 16.4. The first-order chi connectivity index (χ1) is 12.9. The third kappa shape index (κ3) is 4.44. The molecule has 0 bridgehead atoms. The van der Waals surface area contributed by atoms with Crippen LogP contribution in [0.25, 0.3) is 0 Å². The third-order valence-electron chi connectivity index (χ3n) is 4.64. The van der Waals surface area contributed by atoms with Gasteiger partial charge in [0, 0.05) is 30.0 Å². The van der Waals surface area contributed by atoms with Gasteiger partial charge in [-0.25, -0.2) is 4.79 Å². The smallest absolute Gasteiger partial charge is 0.323 e. The Balaban J connectivity index is 1.59. The van der Waals surface area contributed by atoms with Gasteiger partial charge in [0.1, 0.15) is 0 Å². The van der Waals surface area contributed by atoms with Crippen molar-refractivity contribution in [2.24, 2.45) is 11.8 Å². The van der Waals surface area contributed by atoms with Gasteiger partial charge in [-0.1, -0.05) is 25.1 Å². The first-order valence-corrected chi connectivity index (χ1v) is 8.69. The van der Waals surface area contributed by atoms with Crippen molar-refractivity contribution in [1.82, 2.24) is 4.90 Å². The van der Waals surface area contributed by atoms with Gasteiger partial charge in [-0.05, 0) is 42.3 Å². The molecule has 7 nitrogen and oxygen atoms in total. The molecule has 0 unspecified atom stereocenters. The molecular weight excluding hydrogens is 346 g/mol. The summed E-state index contributed by atoms with van der Waals surface area (Å²) < 4.78 is 0. The molecule has 140 valence electrons. The highest BCUT2D eigenvalue weighted by Gasteiger charge is 2.37. The van der Waals surface area contributed by atoms with E-state index in [0.717, 1.165) is 0 Å². The molecular formula is C20H21N3O4. The number of carboxylic acids is 1. The maximum Gasteiger partial charge on any atom is 0.323 e. The van der Waals surface area contributed by atoms with Crippen molar-refractivity contribution in [3.63, 3.8) is 0 Å². The number of aliphatic carboxylic acids is 1. The number of nitrogens with zero attached hydrogens (tertiary/aromatic N) is 1. The van der Waals surface area contributed by atoms with Crippen LogP contribution in [-0.4, -0.2) is 41.0 Å². The molecule has 3 amide bonds. The number of para-hydroxylation sites is 1. The van der Waals surface area contributed by atoms with Crippen LogP contribution in [0.2, 0.25) is 0 Å². The fraction of sp³-hybridized carbons (Fsp3) is 0.250. The van der Waals surface area contributed by atoms with Crippen LogP contribution in [-0.2, 0) is 4.79 Å². The Hall–Kier alpha value is -3.35. The van der Waals surface area contributed by atoms with Gasteiger partial charge in [0.15, 0.2) is 0 Å². The van der Waals surface area contributed by atoms with Gasteiger partial charge in [0.05, 0.1) is 5.92 Å². The summed E-state index contributed by atoms with van der Waals surface area (Å²) in [7, 11) is 0. The molecule has 1 aliphatic rings. The molecule has 1 fully saturated rings. The fourth-order valence-electron chi connectivity index (χ4n) is 3.15. The predicted molar refractivity (Wildman–Crippen MR) is 102 cm³/mol. The average molecular weight is 367 g/mol. The zero-order chi connectivity index (χ0) is 19.4. The molecule has 0 aliphatic carbocycles. The topological polar surface area (TPSA) is 98.7 Å². The predicted octanol–water partition coefficient (Wildman–Crippen LogP) is 3.12. The zero-order valence-corrected chi connectivity index (χ0v) is 14.9. The minimum Gasteiger partial charge on any atom is -0.481 e. The molecule has 0 spiro atoms. The lowest BCUT2D eigenvalue weighted by Gasteiger charge is -2.16. The van der Waals surface area contributed by atoms with Gasteiger partial charge in [-0.3, -0.25) is 9.59 Å². The first kappa shape index (κ1) is 18.4. The van der Waals surface area contributed by atoms with E-state index < -0.39 is 11.9 Å². The van der Waals surface area contributed by atoms with Crippen molar-refractivity contribution in [2.75, 3.05) is 23.7 Å². The van der Waals surface area contributed by atoms with Crippen molar-refractivity contribution in [3.8, 4) is 0 Å². The Morgan fingerprint density at radius 3 is 2.07 bits per heavy atom. The molecule has 7 heteroatoms. The number of likely N-dealkylation sites (tertiary alicyclic amines) is 1. The van der Waals surface area contributed by atoms with E-state index in [0.29, 0.717) is 23.5 Å². The second kappa shape index (κ2) is 7.90. The number of carbonyl (C=O) groups is 3. The van der Waals surface area contributed by atoms with Gasteiger partial charge in [0.2, 0.25) is 0 Å². The summed E-state index contributed by atoms with van der Waals surface area (Å²) in [5, 5.41) is 14.6. The summed E-state index contributed by atoms with van der Waals surface area (Å²) in [5.74, 6) is -1.68. The van der Waals surface area contributed by atoms with Gasteiger partial charge < -0.3 is 20.6 Å². The number of anilines is 2. The molecule has 0 aromatic heterocycles. The zero-order valence-electron chi connectivity index (χ0n) is 14.9. The van der Waals surface area contributed by atoms with E-state index >= 15 is 0 Å². The van der Waals surface area contributed by atoms with E-state index in [-0.39, 0.29) is 24.4 Å². The highest BCUT2D eigenvalue weighted by molar-refractivity contribution is 6.00. The quantitative estimate of drug-likeness (QED) is 0.773. The van der Waals surface area contributed by atoms with Crippen molar-refractivity contribution in [1.29, 1.82) is 0 Å². The van der Waals surface area contributed by atoms with Crippen LogP contribution >= 0.6 is 0 Å². The maximum absolute atomic E-state index is 12.6. The SMILES string of the molecule is C[C@@H]1CN(C(=O)c2ccc(NC(=O)Nc3ccccc3)cc2)C[C@H]1C(=O)O. The van der Waals surface area contributed by atoms with E-state index in [4.69, 9.17) is 0 Å². The fourth-order valence-corrected chi connectivity index (χ4v) is 3.15. The monoisotopic (exact) mass is 367 g/mol. The summed E-state index contributed by atoms with van der Waals surface area (Å²) in [6, 6.07) is 15.2. The Kier molecular flexibility index (Phi) is 5.40. The number of hydrogen-bond donors (Lipinski definition) is 3. The summed E-state index contributed by atoms with van der Waals surface area (Å²) in [6.45, 7) is 2.48. The van der Waals surface area contributed by atoms with Crippen LogP contribution in [0.15, 0.2) is 54.6 Å². The largest absolute Gasteiger partial charge is 0.481 e. The molecule has 1 aliphatic heterocycles. The lowest BCUT2D eigenvalue weighted by atomic mass is 9.99. The Morgan fingerprint density at radius 2 is 1.52 bits per heavy atom. The normalized spacial score (nSPS) is 18.8. The number of amides is 3. The molecule has 3 rings (SSSR count). The lowest BCUT2D eigenvalue weighted by molar-refractivity contribution is -0.142. The Bertz CT molecular complexity index is 836. The number of urea groups is 1. The van der Waals surface area contributed by atoms with Crippen molar-refractivity contribution >= 4 is 29.3 Å². The molecule has 1 heterocycles. The third-order valence-corrected chi connectivity index (χ3v) is 4.64. The van der Waals surface area contributed by atoms with Crippen LogP contribution in [0, 0.1) is 11.8 Å². The maximum atomic E-state index is 12.6. The van der Waals surface area contributed by atoms with Crippen LogP contribution in [0.1, 0.15) is 17.3 Å². The van der Waals surface area contributed by atoms with Gasteiger partial charge in [0.25, 0.3) is 5.91 Å². The number of rotatable bonds is 4. The summed E-state index contributed by atoms with van der Waals surface area (Å²) in [4.78, 5) is 37.3. The van der Waals surface area contributed by atoms with Crippen molar-refractivity contribution < 1.29 is 19.5 Å². The van der Waals surface area contributed by atoms with E-state index in [1.807, 2.05) is 25.1 Å². The molecule has 27 heavy (non-hydrogen) atoms. The second-order valence-corrected chi connectivity index (χ2v) is 6.65. The second-order valence-electron chi connectivity index (χ2n) is 6.65. The molecule has 0 saturated carbocycles. The first-order valence-electron chi connectivity index (χ1n) is 8.69. The number of carboxylic acid groups (broad SMARTS) is 1. The number of carbonyl (C=O) groups excluding carboxylic acids is 2. The van der Waals surface area contributed by atoms with E-state index in [1.54, 1.807) is 41.3 Å². The van der Waals surface area contributed by atoms with Crippen molar-refractivity contribution in [3.05, 3.63) is 60.2 Å². The van der Waals surface area contributed by atoms with E-state index in [1.165, 1.54) is 0 Å². The molecule has 2 atom stereocenters. The standard InChI is InChI=1S/C20H21N3O4/c1-13-11-23(12-17(13)19(25)26)18(24)14-7-9-16(10-8-14)22-20(27)21-15-5-3-2-4-6-15/h2-10,13,17H,11-12H2,1H3,(H,25,26)(H2,21,22,27)/t13-,17-/m1/s1. The van der Waals surface area contributed by atoms with Gasteiger partial charge >= 0.3 is 12.0 Å². The van der Waals surface area contributed by atoms with Crippen LogP contribution in [0.3, 0.4) is 0 Å². The Morgan fingerprint density at radius 1 is 0.926 bits per heavy atom. The lowest BCUT2D eigenvalue weighted by Crippen LogP contribution is -2.29. The molecule has 3 N–H and O–H groups in total. The highest BCUT2D eigenvalue weighted by Crippen LogP contribution is 2.25.